The van der Waals surface area contributed by atoms with Gasteiger partial charge in [-0.05, 0) is 111 Å². The maximum absolute atomic E-state index is 15.0. The second kappa shape index (κ2) is 11.8. The molecule has 0 N–H and O–H groups in total. The van der Waals surface area contributed by atoms with E-state index in [4.69, 9.17) is 0 Å². The molecule has 0 spiro atoms. The van der Waals surface area contributed by atoms with Crippen molar-refractivity contribution in [3.8, 4) is 0 Å². The Hall–Kier alpha value is -1.39. The van der Waals surface area contributed by atoms with Crippen LogP contribution in [0, 0.1) is 29.5 Å². The highest BCUT2D eigenvalue weighted by atomic mass is 19.4. The molecule has 3 aliphatic carbocycles. The first-order valence-electron chi connectivity index (χ1n) is 13.9. The maximum Gasteiger partial charge on any atom is 0.412 e. The number of halogens is 5. The summed E-state index contributed by atoms with van der Waals surface area (Å²) in [7, 11) is 0. The highest BCUT2D eigenvalue weighted by Gasteiger charge is 2.31. The SMILES string of the molecule is CC1CCC(c2ccc(C3CCC(CCC4CCC(/C(F)=C/C(F)(F)F)CC4)CC3)c(F)c2)CC1. The lowest BCUT2D eigenvalue weighted by molar-refractivity contribution is -0.0821. The monoisotopic (exact) mass is 496 g/mol. The van der Waals surface area contributed by atoms with Crippen molar-refractivity contribution in [2.45, 2.75) is 115 Å². The van der Waals surface area contributed by atoms with Gasteiger partial charge in [0, 0.05) is 5.92 Å². The average Bonchev–Trinajstić information content (AvgIpc) is 2.83. The van der Waals surface area contributed by atoms with Crippen molar-refractivity contribution >= 4 is 0 Å². The topological polar surface area (TPSA) is 0 Å². The number of alkyl halides is 3. The van der Waals surface area contributed by atoms with Crippen molar-refractivity contribution in [1.29, 1.82) is 0 Å². The fourth-order valence-electron chi connectivity index (χ4n) is 6.96. The number of benzene rings is 1. The Bertz CT molecular complexity index is 833. The van der Waals surface area contributed by atoms with Gasteiger partial charge in [0.1, 0.15) is 11.6 Å². The van der Waals surface area contributed by atoms with Crippen LogP contribution in [0.1, 0.15) is 120 Å². The summed E-state index contributed by atoms with van der Waals surface area (Å²) in [5, 5.41) is 0. The van der Waals surface area contributed by atoms with Crippen LogP contribution in [0.25, 0.3) is 0 Å². The average molecular weight is 497 g/mol. The Balaban J connectivity index is 1.19. The fourth-order valence-corrected chi connectivity index (χ4v) is 6.96. The van der Waals surface area contributed by atoms with Crippen LogP contribution in [-0.2, 0) is 0 Å². The van der Waals surface area contributed by atoms with E-state index >= 15 is 4.39 Å². The van der Waals surface area contributed by atoms with Crippen LogP contribution in [0.5, 0.6) is 0 Å². The molecule has 0 saturated heterocycles. The quantitative estimate of drug-likeness (QED) is 0.344. The smallest absolute Gasteiger partial charge is 0.212 e. The van der Waals surface area contributed by atoms with Crippen molar-refractivity contribution in [3.05, 3.63) is 47.0 Å². The summed E-state index contributed by atoms with van der Waals surface area (Å²) in [4.78, 5) is 0. The molecule has 0 radical (unpaired) electrons. The zero-order valence-corrected chi connectivity index (χ0v) is 21.1. The van der Waals surface area contributed by atoms with Gasteiger partial charge in [0.25, 0.3) is 0 Å². The van der Waals surface area contributed by atoms with Crippen LogP contribution in [0.2, 0.25) is 0 Å². The van der Waals surface area contributed by atoms with Crippen molar-refractivity contribution in [2.24, 2.45) is 23.7 Å². The third kappa shape index (κ3) is 7.55. The van der Waals surface area contributed by atoms with E-state index < -0.39 is 17.9 Å². The van der Waals surface area contributed by atoms with Gasteiger partial charge in [0.15, 0.2) is 0 Å². The molecule has 3 aliphatic rings. The van der Waals surface area contributed by atoms with Crippen LogP contribution < -0.4 is 0 Å². The molecule has 0 bridgehead atoms. The summed E-state index contributed by atoms with van der Waals surface area (Å²) in [6, 6.07) is 6.04. The molecule has 3 saturated carbocycles. The number of hydrogen-bond acceptors (Lipinski definition) is 0. The summed E-state index contributed by atoms with van der Waals surface area (Å²) >= 11 is 0. The van der Waals surface area contributed by atoms with E-state index in [1.165, 1.54) is 31.2 Å². The van der Waals surface area contributed by atoms with Gasteiger partial charge in [0.05, 0.1) is 6.08 Å². The van der Waals surface area contributed by atoms with Gasteiger partial charge in [-0.3, -0.25) is 0 Å². The van der Waals surface area contributed by atoms with Gasteiger partial charge in [-0.1, -0.05) is 44.7 Å². The Morgan fingerprint density at radius 1 is 0.800 bits per heavy atom. The van der Waals surface area contributed by atoms with E-state index in [2.05, 4.69) is 19.1 Å². The van der Waals surface area contributed by atoms with E-state index in [0.29, 0.717) is 36.5 Å². The first-order valence-corrected chi connectivity index (χ1v) is 13.9. The molecule has 3 fully saturated rings. The third-order valence-corrected chi connectivity index (χ3v) is 9.32. The summed E-state index contributed by atoms with van der Waals surface area (Å²) in [6.07, 6.45) is 9.26. The van der Waals surface area contributed by atoms with E-state index in [-0.39, 0.29) is 11.9 Å². The van der Waals surface area contributed by atoms with Crippen molar-refractivity contribution in [3.63, 3.8) is 0 Å². The van der Waals surface area contributed by atoms with Gasteiger partial charge in [-0.25, -0.2) is 8.78 Å². The van der Waals surface area contributed by atoms with Crippen molar-refractivity contribution < 1.29 is 22.0 Å². The van der Waals surface area contributed by atoms with Crippen LogP contribution in [0.15, 0.2) is 30.1 Å². The molecule has 0 nitrogen and oxygen atoms in total. The lowest BCUT2D eigenvalue weighted by Gasteiger charge is -2.32. The molecule has 1 aromatic rings. The largest absolute Gasteiger partial charge is 0.412 e. The Morgan fingerprint density at radius 3 is 1.89 bits per heavy atom. The minimum Gasteiger partial charge on any atom is -0.212 e. The zero-order valence-electron chi connectivity index (χ0n) is 21.1. The minimum absolute atomic E-state index is 0.0202. The first-order chi connectivity index (χ1) is 16.7. The van der Waals surface area contributed by atoms with Gasteiger partial charge in [0.2, 0.25) is 0 Å². The third-order valence-electron chi connectivity index (χ3n) is 9.32. The highest BCUT2D eigenvalue weighted by molar-refractivity contribution is 5.30. The summed E-state index contributed by atoms with van der Waals surface area (Å²) in [5.41, 5.74) is 2.07. The van der Waals surface area contributed by atoms with E-state index in [9.17, 15) is 17.6 Å². The molecule has 0 aromatic heterocycles. The molecule has 4 rings (SSSR count). The van der Waals surface area contributed by atoms with Crippen LogP contribution in [0.3, 0.4) is 0 Å². The molecule has 5 heteroatoms. The van der Waals surface area contributed by atoms with E-state index in [1.54, 1.807) is 0 Å². The van der Waals surface area contributed by atoms with Gasteiger partial charge >= 0.3 is 6.18 Å². The normalized spacial score (nSPS) is 33.0. The molecule has 0 heterocycles. The molecule has 1 aromatic carbocycles. The van der Waals surface area contributed by atoms with E-state index in [1.807, 2.05) is 6.07 Å². The van der Waals surface area contributed by atoms with Crippen LogP contribution in [-0.4, -0.2) is 6.18 Å². The predicted molar refractivity (Wildman–Crippen MR) is 131 cm³/mol. The van der Waals surface area contributed by atoms with Crippen molar-refractivity contribution in [2.75, 3.05) is 0 Å². The minimum atomic E-state index is -4.57. The second-order valence-electron chi connectivity index (χ2n) is 11.8. The first kappa shape index (κ1) is 26.7. The summed E-state index contributed by atoms with van der Waals surface area (Å²) < 4.78 is 66.1. The van der Waals surface area contributed by atoms with Gasteiger partial charge in [-0.2, -0.15) is 13.2 Å². The number of hydrogen-bond donors (Lipinski definition) is 0. The van der Waals surface area contributed by atoms with Crippen LogP contribution in [0.4, 0.5) is 22.0 Å². The number of allylic oxidation sites excluding steroid dienone is 2. The number of rotatable bonds is 6. The van der Waals surface area contributed by atoms with Gasteiger partial charge < -0.3 is 0 Å². The molecule has 0 unspecified atom stereocenters. The fraction of sp³-hybridized carbons (Fsp3) is 0.733. The van der Waals surface area contributed by atoms with E-state index in [0.717, 1.165) is 62.8 Å². The molecular weight excluding hydrogens is 455 g/mol. The van der Waals surface area contributed by atoms with Crippen LogP contribution >= 0.6 is 0 Å². The Kier molecular flexibility index (Phi) is 8.97. The zero-order chi connectivity index (χ0) is 25.0. The summed E-state index contributed by atoms with van der Waals surface area (Å²) in [5.74, 6) is 1.18. The standard InChI is InChI=1S/C30H41F5/c1-20-2-10-23(11-3-20)26-16-17-27(28(31)18-26)24-12-6-21(7-13-24)4-5-22-8-14-25(15-9-22)29(32)19-30(33,34)35/h16-25H,2-15H2,1H3/b29-19-. The second-order valence-corrected chi connectivity index (χ2v) is 11.8. The molecule has 35 heavy (non-hydrogen) atoms. The molecule has 0 aliphatic heterocycles. The lowest BCUT2D eigenvalue weighted by Crippen LogP contribution is -2.19. The van der Waals surface area contributed by atoms with Gasteiger partial charge in [-0.15, -0.1) is 0 Å². The Morgan fingerprint density at radius 2 is 1.34 bits per heavy atom. The molecule has 196 valence electrons. The molecule has 0 amide bonds. The van der Waals surface area contributed by atoms with Crippen molar-refractivity contribution in [1.82, 2.24) is 0 Å². The Labute approximate surface area is 207 Å². The molecular formula is C30H41F5. The highest BCUT2D eigenvalue weighted by Crippen LogP contribution is 2.43. The maximum atomic E-state index is 15.0. The predicted octanol–water partition coefficient (Wildman–Crippen LogP) is 10.4. The summed E-state index contributed by atoms with van der Waals surface area (Å²) in [6.45, 7) is 2.31. The lowest BCUT2D eigenvalue weighted by atomic mass is 9.74. The molecule has 0 atom stereocenters.